The van der Waals surface area contributed by atoms with Crippen LogP contribution >= 0.6 is 45.2 Å². The third-order valence-corrected chi connectivity index (χ3v) is 7.45. The van der Waals surface area contributed by atoms with Crippen LogP contribution in [0.1, 0.15) is 11.3 Å². The van der Waals surface area contributed by atoms with E-state index in [2.05, 4.69) is 57.3 Å². The maximum Gasteiger partial charge on any atom is 0.233 e. The van der Waals surface area contributed by atoms with Crippen molar-refractivity contribution < 1.29 is 19.3 Å². The number of carbonyl (C=O) groups is 2. The quantitative estimate of drug-likeness (QED) is 0.179. The number of hydrogen-bond acceptors (Lipinski definition) is 4. The van der Waals surface area contributed by atoms with Crippen molar-refractivity contribution in [3.63, 3.8) is 0 Å². The number of rotatable bonds is 2. The Hall–Kier alpha value is -2.79. The molecule has 5 nitrogen and oxygen atoms in total. The molecule has 0 unspecified atom stereocenters. The van der Waals surface area contributed by atoms with Crippen molar-refractivity contribution >= 4 is 85.5 Å². The Kier molecular flexibility index (Phi) is 5.93. The zero-order valence-electron chi connectivity index (χ0n) is 18.3. The summed E-state index contributed by atoms with van der Waals surface area (Å²) >= 11 is 4.52. The molecule has 34 heavy (non-hydrogen) atoms. The van der Waals surface area contributed by atoms with Gasteiger partial charge >= 0.3 is 0 Å². The minimum absolute atomic E-state index is 0.102. The van der Waals surface area contributed by atoms with Crippen molar-refractivity contribution in [2.24, 2.45) is 7.05 Å². The summed E-state index contributed by atoms with van der Waals surface area (Å²) in [6.45, 7) is 0. The molecule has 0 saturated carbocycles. The lowest BCUT2D eigenvalue weighted by atomic mass is 10.0. The second kappa shape index (κ2) is 8.77. The van der Waals surface area contributed by atoms with Crippen LogP contribution in [0.15, 0.2) is 83.3 Å². The SMILES string of the molecule is CN1/C(=C/C2=C([O-])C(=C\c3ccc4cc(I)ccc4[n+]3C)/C(=O)C2=O)C=Cc2cc(I)ccc21. The van der Waals surface area contributed by atoms with Crippen LogP contribution < -0.4 is 14.6 Å². The Morgan fingerprint density at radius 2 is 1.65 bits per heavy atom. The van der Waals surface area contributed by atoms with Crippen LogP contribution in [0.5, 0.6) is 0 Å². The topological polar surface area (TPSA) is 64.3 Å². The van der Waals surface area contributed by atoms with Gasteiger partial charge in [0.25, 0.3) is 0 Å². The molecule has 0 fully saturated rings. The number of likely N-dealkylation sites (N-methyl/N-ethyl adjacent to an activating group) is 1. The Morgan fingerprint density at radius 3 is 2.44 bits per heavy atom. The number of carbonyl (C=O) groups excluding carboxylic acids is 2. The molecule has 7 heteroatoms. The van der Waals surface area contributed by atoms with Crippen molar-refractivity contribution in [1.82, 2.24) is 0 Å². The molecule has 2 heterocycles. The summed E-state index contributed by atoms with van der Waals surface area (Å²) in [5, 5.41) is 14.2. The second-order valence-corrected chi connectivity index (χ2v) is 10.6. The van der Waals surface area contributed by atoms with Crippen LogP contribution in [0.4, 0.5) is 5.69 Å². The van der Waals surface area contributed by atoms with E-state index < -0.39 is 17.3 Å². The number of nitrogens with zero attached hydrogens (tertiary/aromatic N) is 2. The largest absolute Gasteiger partial charge is 0.871 e. The van der Waals surface area contributed by atoms with Gasteiger partial charge in [-0.05, 0) is 99.3 Å². The predicted molar refractivity (Wildman–Crippen MR) is 148 cm³/mol. The number of anilines is 1. The zero-order chi connectivity index (χ0) is 24.1. The van der Waals surface area contributed by atoms with Gasteiger partial charge in [0.05, 0.1) is 0 Å². The van der Waals surface area contributed by atoms with Crippen molar-refractivity contribution in [2.75, 3.05) is 11.9 Å². The summed E-state index contributed by atoms with van der Waals surface area (Å²) in [7, 11) is 3.75. The summed E-state index contributed by atoms with van der Waals surface area (Å²) in [6, 6.07) is 15.9. The van der Waals surface area contributed by atoms with Crippen molar-refractivity contribution in [1.29, 1.82) is 0 Å². The highest BCUT2D eigenvalue weighted by Gasteiger charge is 2.32. The summed E-state index contributed by atoms with van der Waals surface area (Å²) in [4.78, 5) is 27.5. The lowest BCUT2D eigenvalue weighted by Gasteiger charge is -2.27. The molecule has 1 aliphatic heterocycles. The average molecular weight is 672 g/mol. The van der Waals surface area contributed by atoms with Gasteiger partial charge in [-0.1, -0.05) is 11.8 Å². The Labute approximate surface area is 224 Å². The highest BCUT2D eigenvalue weighted by molar-refractivity contribution is 14.1. The predicted octanol–water partition coefficient (Wildman–Crippen LogP) is 4.07. The fourth-order valence-corrected chi connectivity index (χ4v) is 5.26. The molecule has 2 aliphatic rings. The number of allylic oxidation sites excluding steroid dienone is 4. The molecule has 1 aromatic heterocycles. The number of aromatic nitrogens is 1. The van der Waals surface area contributed by atoms with Crippen LogP contribution in [-0.4, -0.2) is 18.6 Å². The molecule has 0 amide bonds. The monoisotopic (exact) mass is 672 g/mol. The van der Waals surface area contributed by atoms with E-state index in [1.807, 2.05) is 72.1 Å². The van der Waals surface area contributed by atoms with Crippen molar-refractivity contribution in [3.8, 4) is 0 Å². The van der Waals surface area contributed by atoms with Crippen LogP contribution in [0.2, 0.25) is 0 Å². The summed E-state index contributed by atoms with van der Waals surface area (Å²) < 4.78 is 4.15. The highest BCUT2D eigenvalue weighted by Crippen LogP contribution is 2.33. The Bertz CT molecular complexity index is 1550. The third-order valence-electron chi connectivity index (χ3n) is 6.11. The molecule has 1 aliphatic carbocycles. The number of hydrogen-bond donors (Lipinski definition) is 0. The van der Waals surface area contributed by atoms with E-state index in [0.29, 0.717) is 11.4 Å². The maximum absolute atomic E-state index is 13.2. The normalized spacial score (nSPS) is 18.1. The standard InChI is InChI=1S/C27H18I2N2O3/c1-30-19(7-3-15-11-17(28)5-9-23(15)30)13-21-25(32)22(27(34)26(21)33)14-20-8-4-16-12-18(29)6-10-24(16)31(20)2/h3-14H,1-2H3. The van der Waals surface area contributed by atoms with E-state index in [1.165, 1.54) is 12.2 Å². The summed E-state index contributed by atoms with van der Waals surface area (Å²) in [6.07, 6.45) is 6.83. The Morgan fingerprint density at radius 1 is 0.912 bits per heavy atom. The number of benzene rings is 2. The van der Waals surface area contributed by atoms with E-state index >= 15 is 0 Å². The van der Waals surface area contributed by atoms with E-state index in [9.17, 15) is 14.7 Å². The van der Waals surface area contributed by atoms with Gasteiger partial charge in [0.2, 0.25) is 22.8 Å². The molecule has 168 valence electrons. The first kappa shape index (κ1) is 23.0. The van der Waals surface area contributed by atoms with Crippen LogP contribution in [-0.2, 0) is 16.6 Å². The lowest BCUT2D eigenvalue weighted by Crippen LogP contribution is -2.33. The third kappa shape index (κ3) is 3.90. The maximum atomic E-state index is 13.2. The van der Waals surface area contributed by atoms with Crippen molar-refractivity contribution in [3.05, 3.63) is 102 Å². The van der Waals surface area contributed by atoms with Gasteiger partial charge in [-0.2, -0.15) is 4.57 Å². The molecule has 5 rings (SSSR count). The van der Waals surface area contributed by atoms with Crippen LogP contribution in [0.3, 0.4) is 0 Å². The first-order valence-corrected chi connectivity index (χ1v) is 12.6. The van der Waals surface area contributed by atoms with Crippen molar-refractivity contribution in [2.45, 2.75) is 0 Å². The van der Waals surface area contributed by atoms with E-state index in [-0.39, 0.29) is 11.1 Å². The Balaban J connectivity index is 1.56. The van der Waals surface area contributed by atoms with Gasteiger partial charge in [0, 0.05) is 60.3 Å². The molecule has 0 saturated heterocycles. The van der Waals surface area contributed by atoms with Crippen LogP contribution in [0, 0.1) is 7.14 Å². The molecule has 0 bridgehead atoms. The molecular weight excluding hydrogens is 654 g/mol. The van der Waals surface area contributed by atoms with E-state index in [4.69, 9.17) is 0 Å². The molecule has 0 radical (unpaired) electrons. The average Bonchev–Trinajstić information content (AvgIpc) is 3.00. The molecule has 0 N–H and O–H groups in total. The summed E-state index contributed by atoms with van der Waals surface area (Å²) in [5.74, 6) is -2.07. The first-order valence-electron chi connectivity index (χ1n) is 10.5. The molecule has 2 aromatic carbocycles. The van der Waals surface area contributed by atoms with Gasteiger partial charge in [-0.3, -0.25) is 9.59 Å². The molecular formula is C27H18I2N2O3. The van der Waals surface area contributed by atoms with Gasteiger partial charge < -0.3 is 10.0 Å². The lowest BCUT2D eigenvalue weighted by molar-refractivity contribution is -0.646. The number of halogens is 2. The highest BCUT2D eigenvalue weighted by atomic mass is 127. The smallest absolute Gasteiger partial charge is 0.233 e. The van der Waals surface area contributed by atoms with Gasteiger partial charge in [-0.15, -0.1) is 0 Å². The fraction of sp³-hybridized carbons (Fsp3) is 0.0741. The molecule has 3 aromatic rings. The van der Waals surface area contributed by atoms with Gasteiger partial charge in [-0.25, -0.2) is 0 Å². The number of fused-ring (bicyclic) bond motifs is 2. The zero-order valence-corrected chi connectivity index (χ0v) is 22.6. The summed E-state index contributed by atoms with van der Waals surface area (Å²) in [5.41, 5.74) is 4.12. The van der Waals surface area contributed by atoms with Gasteiger partial charge in [0.15, 0.2) is 0 Å². The molecule has 0 atom stereocenters. The first-order chi connectivity index (χ1) is 16.2. The number of pyridine rings is 1. The van der Waals surface area contributed by atoms with E-state index in [1.54, 1.807) is 0 Å². The van der Waals surface area contributed by atoms with Crippen LogP contribution in [0.25, 0.3) is 23.1 Å². The molecule has 0 spiro atoms. The minimum Gasteiger partial charge on any atom is -0.871 e. The van der Waals surface area contributed by atoms with Gasteiger partial charge in [0.1, 0.15) is 7.05 Å². The number of ketones is 2. The van der Waals surface area contributed by atoms with E-state index in [0.717, 1.165) is 29.3 Å². The number of Topliss-reactive ketones (excluding diaryl/α,β-unsaturated/α-hetero) is 2. The second-order valence-electron chi connectivity index (χ2n) is 8.14. The number of aryl methyl sites for hydroxylation is 1. The minimum atomic E-state index is -0.767. The fourth-order valence-electron chi connectivity index (χ4n) is 4.22.